The lowest BCUT2D eigenvalue weighted by Crippen LogP contribution is -2.07. The third kappa shape index (κ3) is 3.74. The highest BCUT2D eigenvalue weighted by molar-refractivity contribution is 5.61. The van der Waals surface area contributed by atoms with Crippen molar-refractivity contribution in [2.24, 2.45) is 0 Å². The van der Waals surface area contributed by atoms with Crippen molar-refractivity contribution in [3.05, 3.63) is 47.5 Å². The largest absolute Gasteiger partial charge is 0.504 e. The van der Waals surface area contributed by atoms with Crippen molar-refractivity contribution in [1.82, 2.24) is 0 Å². The molecule has 24 heavy (non-hydrogen) atoms. The quantitative estimate of drug-likeness (QED) is 0.798. The molecule has 0 heterocycles. The Balaban J connectivity index is 2.36. The second-order valence-corrected chi connectivity index (χ2v) is 5.33. The molecule has 1 atom stereocenters. The van der Waals surface area contributed by atoms with E-state index in [1.165, 1.54) is 19.8 Å². The molecule has 1 N–H and O–H groups in total. The van der Waals surface area contributed by atoms with E-state index in [1.54, 1.807) is 20.3 Å². The molecule has 0 aliphatic heterocycles. The van der Waals surface area contributed by atoms with Crippen molar-refractivity contribution in [2.45, 2.75) is 18.9 Å². The van der Waals surface area contributed by atoms with Gasteiger partial charge in [0.1, 0.15) is 5.75 Å². The Labute approximate surface area is 142 Å². The van der Waals surface area contributed by atoms with Crippen molar-refractivity contribution in [2.75, 3.05) is 28.4 Å². The number of hydrogen-bond acceptors (Lipinski definition) is 5. The molecule has 0 fully saturated rings. The van der Waals surface area contributed by atoms with Crippen LogP contribution in [0, 0.1) is 0 Å². The van der Waals surface area contributed by atoms with Gasteiger partial charge in [0.25, 0.3) is 0 Å². The van der Waals surface area contributed by atoms with Crippen molar-refractivity contribution in [3.63, 3.8) is 0 Å². The normalized spacial score (nSPS) is 11.8. The van der Waals surface area contributed by atoms with Gasteiger partial charge >= 0.3 is 0 Å². The van der Waals surface area contributed by atoms with E-state index in [-0.39, 0.29) is 17.6 Å². The molecule has 2 aromatic carbocycles. The van der Waals surface area contributed by atoms with E-state index in [0.29, 0.717) is 23.5 Å². The lowest BCUT2D eigenvalue weighted by molar-refractivity contribution is 0.0906. The summed E-state index contributed by atoms with van der Waals surface area (Å²) in [5, 5.41) is 10.6. The van der Waals surface area contributed by atoms with Gasteiger partial charge in [-0.3, -0.25) is 0 Å². The minimum atomic E-state index is -0.333. The molecule has 5 heteroatoms. The second kappa shape index (κ2) is 8.45. The summed E-state index contributed by atoms with van der Waals surface area (Å²) in [7, 11) is 6.17. The van der Waals surface area contributed by atoms with Crippen LogP contribution >= 0.6 is 0 Å². The van der Waals surface area contributed by atoms with E-state index in [9.17, 15) is 5.11 Å². The maximum absolute atomic E-state index is 10.6. The van der Waals surface area contributed by atoms with Gasteiger partial charge in [-0.2, -0.15) is 0 Å². The van der Waals surface area contributed by atoms with Gasteiger partial charge in [-0.15, -0.1) is 0 Å². The molecular weight excluding hydrogens is 308 g/mol. The zero-order chi connectivity index (χ0) is 17.5. The third-order valence-corrected chi connectivity index (χ3v) is 4.01. The predicted octanol–water partition coefficient (Wildman–Crippen LogP) is 3.74. The highest BCUT2D eigenvalue weighted by Gasteiger charge is 2.26. The first-order valence-electron chi connectivity index (χ1n) is 7.74. The molecule has 0 aliphatic carbocycles. The molecule has 0 saturated heterocycles. The van der Waals surface area contributed by atoms with E-state index in [1.807, 2.05) is 18.2 Å². The Bertz CT molecular complexity index is 655. The minimum Gasteiger partial charge on any atom is -0.504 e. The topological polar surface area (TPSA) is 57.2 Å². The van der Waals surface area contributed by atoms with Crippen LogP contribution in [0.5, 0.6) is 23.0 Å². The molecule has 0 spiro atoms. The number of ether oxygens (including phenoxy) is 4. The minimum absolute atomic E-state index is 0.0198. The van der Waals surface area contributed by atoms with E-state index >= 15 is 0 Å². The number of aryl methyl sites for hydroxylation is 1. The number of methoxy groups -OCH3 is 4. The lowest BCUT2D eigenvalue weighted by atomic mass is 9.98. The molecule has 2 aromatic rings. The van der Waals surface area contributed by atoms with Crippen LogP contribution in [-0.2, 0) is 11.2 Å². The molecule has 0 radical (unpaired) electrons. The van der Waals surface area contributed by atoms with Gasteiger partial charge in [-0.05, 0) is 18.4 Å². The summed E-state index contributed by atoms with van der Waals surface area (Å²) in [5.41, 5.74) is 1.77. The van der Waals surface area contributed by atoms with E-state index in [2.05, 4.69) is 12.1 Å². The fourth-order valence-corrected chi connectivity index (χ4v) is 2.77. The van der Waals surface area contributed by atoms with Gasteiger partial charge < -0.3 is 24.1 Å². The van der Waals surface area contributed by atoms with Crippen molar-refractivity contribution >= 4 is 0 Å². The van der Waals surface area contributed by atoms with Crippen molar-refractivity contribution < 1.29 is 24.1 Å². The van der Waals surface area contributed by atoms with Crippen LogP contribution in [-0.4, -0.2) is 33.5 Å². The summed E-state index contributed by atoms with van der Waals surface area (Å²) < 4.78 is 21.6. The van der Waals surface area contributed by atoms with E-state index in [0.717, 1.165) is 6.42 Å². The molecule has 130 valence electrons. The average molecular weight is 332 g/mol. The number of hydrogen-bond donors (Lipinski definition) is 1. The Hall–Kier alpha value is -2.40. The average Bonchev–Trinajstić information content (AvgIpc) is 2.63. The fourth-order valence-electron chi connectivity index (χ4n) is 2.77. The number of phenolic OH excluding ortho intramolecular Hbond substituents is 1. The first-order valence-corrected chi connectivity index (χ1v) is 7.74. The first-order chi connectivity index (χ1) is 11.7. The molecule has 0 unspecified atom stereocenters. The Morgan fingerprint density at radius 3 is 2.12 bits per heavy atom. The van der Waals surface area contributed by atoms with Crippen LogP contribution < -0.4 is 14.2 Å². The highest BCUT2D eigenvalue weighted by Crippen LogP contribution is 2.48. The summed E-state index contributed by atoms with van der Waals surface area (Å²) in [6, 6.07) is 11.8. The Kier molecular flexibility index (Phi) is 6.32. The molecule has 2 rings (SSSR count). The highest BCUT2D eigenvalue weighted by atomic mass is 16.5. The van der Waals surface area contributed by atoms with Gasteiger partial charge in [0.15, 0.2) is 11.5 Å². The van der Waals surface area contributed by atoms with Crippen LogP contribution in [0.4, 0.5) is 0 Å². The fraction of sp³-hybridized carbons (Fsp3) is 0.368. The Morgan fingerprint density at radius 2 is 1.58 bits per heavy atom. The van der Waals surface area contributed by atoms with Gasteiger partial charge in [0.05, 0.1) is 33.0 Å². The smallest absolute Gasteiger partial charge is 0.203 e. The molecule has 5 nitrogen and oxygen atoms in total. The van der Waals surface area contributed by atoms with Crippen molar-refractivity contribution in [1.29, 1.82) is 0 Å². The summed E-state index contributed by atoms with van der Waals surface area (Å²) in [6.07, 6.45) is 1.18. The maximum atomic E-state index is 10.6. The molecular formula is C19H24O5. The number of rotatable bonds is 8. The summed E-state index contributed by atoms with van der Waals surface area (Å²) in [4.78, 5) is 0. The lowest BCUT2D eigenvalue weighted by Gasteiger charge is -2.22. The van der Waals surface area contributed by atoms with Crippen molar-refractivity contribution in [3.8, 4) is 23.0 Å². The Morgan fingerprint density at radius 1 is 0.917 bits per heavy atom. The summed E-state index contributed by atoms with van der Waals surface area (Å²) in [6.45, 7) is 0. The standard InChI is InChI=1S/C19H24O5/c1-21-14(11-10-13-8-6-5-7-9-13)17-15(22-2)12-16(23-3)19(24-4)18(17)20/h5-9,12,14,20H,10-11H2,1-4H3/t14-/m1/s1. The molecule has 0 bridgehead atoms. The van der Waals surface area contributed by atoms with Gasteiger partial charge in [-0.25, -0.2) is 0 Å². The van der Waals surface area contributed by atoms with Gasteiger partial charge in [0.2, 0.25) is 5.75 Å². The molecule has 0 saturated carbocycles. The first kappa shape index (κ1) is 17.9. The van der Waals surface area contributed by atoms with Crippen LogP contribution in [0.3, 0.4) is 0 Å². The SMILES string of the molecule is COc1cc(OC)c([C@@H](CCc2ccccc2)OC)c(O)c1OC. The van der Waals surface area contributed by atoms with Crippen LogP contribution in [0.15, 0.2) is 36.4 Å². The van der Waals surface area contributed by atoms with Gasteiger partial charge in [0, 0.05) is 13.2 Å². The second-order valence-electron chi connectivity index (χ2n) is 5.33. The maximum Gasteiger partial charge on any atom is 0.203 e. The zero-order valence-corrected chi connectivity index (χ0v) is 14.5. The number of benzene rings is 2. The number of phenols is 1. The van der Waals surface area contributed by atoms with E-state index in [4.69, 9.17) is 18.9 Å². The predicted molar refractivity (Wildman–Crippen MR) is 92.3 cm³/mol. The molecule has 0 aromatic heterocycles. The zero-order valence-electron chi connectivity index (χ0n) is 14.5. The van der Waals surface area contributed by atoms with Crippen LogP contribution in [0.25, 0.3) is 0 Å². The molecule has 0 amide bonds. The van der Waals surface area contributed by atoms with Crippen LogP contribution in [0.1, 0.15) is 23.7 Å². The monoisotopic (exact) mass is 332 g/mol. The van der Waals surface area contributed by atoms with Crippen LogP contribution in [0.2, 0.25) is 0 Å². The third-order valence-electron chi connectivity index (χ3n) is 4.01. The summed E-state index contributed by atoms with van der Waals surface area (Å²) >= 11 is 0. The number of aromatic hydroxyl groups is 1. The van der Waals surface area contributed by atoms with E-state index < -0.39 is 0 Å². The summed E-state index contributed by atoms with van der Waals surface area (Å²) in [5.74, 6) is 1.17. The molecule has 0 aliphatic rings. The van der Waals surface area contributed by atoms with Gasteiger partial charge in [-0.1, -0.05) is 30.3 Å².